The SMILES string of the molecule is CCOC(=O)c1cc(O)c(-c2ccccc2)c(OCC)c1F. The predicted molar refractivity (Wildman–Crippen MR) is 80.6 cm³/mol. The molecule has 22 heavy (non-hydrogen) atoms. The van der Waals surface area contributed by atoms with Crippen LogP contribution < -0.4 is 4.74 Å². The zero-order valence-electron chi connectivity index (χ0n) is 12.4. The molecule has 0 atom stereocenters. The molecule has 0 fully saturated rings. The van der Waals surface area contributed by atoms with Gasteiger partial charge in [0.2, 0.25) is 0 Å². The first-order valence-electron chi connectivity index (χ1n) is 7.00. The minimum absolute atomic E-state index is 0.115. The summed E-state index contributed by atoms with van der Waals surface area (Å²) >= 11 is 0. The molecule has 0 heterocycles. The monoisotopic (exact) mass is 304 g/mol. The molecule has 2 aromatic carbocycles. The summed E-state index contributed by atoms with van der Waals surface area (Å²) in [5.74, 6) is -2.07. The maximum Gasteiger partial charge on any atom is 0.341 e. The van der Waals surface area contributed by atoms with E-state index in [1.807, 2.05) is 6.07 Å². The lowest BCUT2D eigenvalue weighted by Crippen LogP contribution is -2.09. The third-order valence-electron chi connectivity index (χ3n) is 3.05. The molecule has 2 aromatic rings. The van der Waals surface area contributed by atoms with E-state index in [2.05, 4.69) is 0 Å². The van der Waals surface area contributed by atoms with Crippen LogP contribution in [-0.2, 0) is 4.74 Å². The number of carbonyl (C=O) groups is 1. The van der Waals surface area contributed by atoms with Gasteiger partial charge in [-0.2, -0.15) is 0 Å². The van der Waals surface area contributed by atoms with Crippen LogP contribution in [0.4, 0.5) is 4.39 Å². The normalized spacial score (nSPS) is 10.3. The van der Waals surface area contributed by atoms with Crippen molar-refractivity contribution in [1.29, 1.82) is 0 Å². The second-order valence-electron chi connectivity index (χ2n) is 4.48. The molecular formula is C17H17FO4. The molecule has 0 aromatic heterocycles. The van der Waals surface area contributed by atoms with Crippen molar-refractivity contribution in [3.05, 3.63) is 47.8 Å². The van der Waals surface area contributed by atoms with Gasteiger partial charge < -0.3 is 14.6 Å². The van der Waals surface area contributed by atoms with Crippen LogP contribution in [0.2, 0.25) is 0 Å². The van der Waals surface area contributed by atoms with Crippen LogP contribution >= 0.6 is 0 Å². The van der Waals surface area contributed by atoms with Gasteiger partial charge in [-0.1, -0.05) is 30.3 Å². The topological polar surface area (TPSA) is 55.8 Å². The molecule has 0 aliphatic rings. The number of ether oxygens (including phenoxy) is 2. The number of rotatable bonds is 5. The van der Waals surface area contributed by atoms with Crippen LogP contribution in [-0.4, -0.2) is 24.3 Å². The minimum atomic E-state index is -0.837. The molecular weight excluding hydrogens is 287 g/mol. The van der Waals surface area contributed by atoms with E-state index < -0.39 is 11.8 Å². The van der Waals surface area contributed by atoms with Crippen molar-refractivity contribution in [2.24, 2.45) is 0 Å². The van der Waals surface area contributed by atoms with E-state index in [1.165, 1.54) is 0 Å². The van der Waals surface area contributed by atoms with Crippen LogP contribution in [0.5, 0.6) is 11.5 Å². The summed E-state index contributed by atoms with van der Waals surface area (Å²) in [5, 5.41) is 10.2. The number of phenolic OH excluding ortho intramolecular Hbond substituents is 1. The number of carbonyl (C=O) groups excluding carboxylic acids is 1. The number of esters is 1. The highest BCUT2D eigenvalue weighted by atomic mass is 19.1. The van der Waals surface area contributed by atoms with E-state index >= 15 is 0 Å². The number of halogens is 1. The van der Waals surface area contributed by atoms with E-state index in [1.54, 1.807) is 38.1 Å². The second kappa shape index (κ2) is 6.93. The third kappa shape index (κ3) is 3.03. The van der Waals surface area contributed by atoms with Gasteiger partial charge in [-0.3, -0.25) is 0 Å². The Hall–Kier alpha value is -2.56. The second-order valence-corrected chi connectivity index (χ2v) is 4.48. The highest BCUT2D eigenvalue weighted by Gasteiger charge is 2.24. The van der Waals surface area contributed by atoms with Crippen LogP contribution in [0, 0.1) is 5.82 Å². The first-order chi connectivity index (χ1) is 10.6. The Labute approximate surface area is 128 Å². The van der Waals surface area contributed by atoms with Gasteiger partial charge in [0.25, 0.3) is 0 Å². The molecule has 0 saturated heterocycles. The summed E-state index contributed by atoms with van der Waals surface area (Å²) in [6, 6.07) is 9.86. The highest BCUT2D eigenvalue weighted by Crippen LogP contribution is 2.41. The van der Waals surface area contributed by atoms with Crippen molar-refractivity contribution >= 4 is 5.97 Å². The lowest BCUT2D eigenvalue weighted by atomic mass is 10.0. The van der Waals surface area contributed by atoms with Gasteiger partial charge in [0, 0.05) is 0 Å². The molecule has 0 aliphatic heterocycles. The van der Waals surface area contributed by atoms with E-state index in [4.69, 9.17) is 9.47 Å². The van der Waals surface area contributed by atoms with Crippen molar-refractivity contribution in [2.75, 3.05) is 13.2 Å². The van der Waals surface area contributed by atoms with E-state index in [0.29, 0.717) is 5.56 Å². The Morgan fingerprint density at radius 3 is 2.45 bits per heavy atom. The van der Waals surface area contributed by atoms with Gasteiger partial charge >= 0.3 is 5.97 Å². The number of hydrogen-bond acceptors (Lipinski definition) is 4. The summed E-state index contributed by atoms with van der Waals surface area (Å²) in [6.07, 6.45) is 0. The molecule has 5 heteroatoms. The standard InChI is InChI=1S/C17H17FO4/c1-3-21-16-14(11-8-6-5-7-9-11)13(19)10-12(15(16)18)17(20)22-4-2/h5-10,19H,3-4H2,1-2H3. The Balaban J connectivity index is 2.65. The summed E-state index contributed by atoms with van der Waals surface area (Å²) in [6.45, 7) is 3.63. The van der Waals surface area contributed by atoms with Crippen molar-refractivity contribution < 1.29 is 23.8 Å². The fraction of sp³-hybridized carbons (Fsp3) is 0.235. The highest BCUT2D eigenvalue weighted by molar-refractivity contribution is 5.93. The molecule has 0 saturated carbocycles. The molecule has 0 unspecified atom stereocenters. The Bertz CT molecular complexity index is 668. The number of benzene rings is 2. The first kappa shape index (κ1) is 15.8. The number of phenols is 1. The van der Waals surface area contributed by atoms with E-state index in [9.17, 15) is 14.3 Å². The van der Waals surface area contributed by atoms with Crippen molar-refractivity contribution in [2.45, 2.75) is 13.8 Å². The number of hydrogen-bond donors (Lipinski definition) is 1. The largest absolute Gasteiger partial charge is 0.507 e. The van der Waals surface area contributed by atoms with Gasteiger partial charge in [-0.15, -0.1) is 0 Å². The summed E-state index contributed by atoms with van der Waals surface area (Å²) in [4.78, 5) is 11.8. The predicted octanol–water partition coefficient (Wildman–Crippen LogP) is 3.77. The van der Waals surface area contributed by atoms with Gasteiger partial charge in [0.1, 0.15) is 11.3 Å². The summed E-state index contributed by atoms with van der Waals surface area (Å²) in [7, 11) is 0. The lowest BCUT2D eigenvalue weighted by molar-refractivity contribution is 0.0519. The fourth-order valence-electron chi connectivity index (χ4n) is 2.14. The molecule has 0 radical (unpaired) electrons. The van der Waals surface area contributed by atoms with E-state index in [-0.39, 0.29) is 35.8 Å². The Morgan fingerprint density at radius 1 is 1.18 bits per heavy atom. The molecule has 2 rings (SSSR count). The molecule has 0 amide bonds. The van der Waals surface area contributed by atoms with E-state index in [0.717, 1.165) is 6.07 Å². The first-order valence-corrected chi connectivity index (χ1v) is 7.00. The lowest BCUT2D eigenvalue weighted by Gasteiger charge is -2.15. The van der Waals surface area contributed by atoms with Gasteiger partial charge in [0.05, 0.1) is 18.8 Å². The average Bonchev–Trinajstić information content (AvgIpc) is 2.52. The summed E-state index contributed by atoms with van der Waals surface area (Å²) < 4.78 is 24.7. The summed E-state index contributed by atoms with van der Waals surface area (Å²) in [5.41, 5.74) is 0.466. The third-order valence-corrected chi connectivity index (χ3v) is 3.05. The maximum atomic E-state index is 14.6. The molecule has 0 bridgehead atoms. The van der Waals surface area contributed by atoms with Crippen LogP contribution in [0.25, 0.3) is 11.1 Å². The van der Waals surface area contributed by atoms with Gasteiger partial charge in [-0.25, -0.2) is 9.18 Å². The van der Waals surface area contributed by atoms with Gasteiger partial charge in [-0.05, 0) is 25.5 Å². The molecule has 116 valence electrons. The Kier molecular flexibility index (Phi) is 4.99. The van der Waals surface area contributed by atoms with Crippen LogP contribution in [0.15, 0.2) is 36.4 Å². The maximum absolute atomic E-state index is 14.6. The molecule has 1 N–H and O–H groups in total. The zero-order valence-corrected chi connectivity index (χ0v) is 12.4. The van der Waals surface area contributed by atoms with Crippen molar-refractivity contribution in [3.63, 3.8) is 0 Å². The molecule has 0 spiro atoms. The number of aromatic hydroxyl groups is 1. The van der Waals surface area contributed by atoms with Crippen LogP contribution in [0.1, 0.15) is 24.2 Å². The van der Waals surface area contributed by atoms with Crippen molar-refractivity contribution in [3.8, 4) is 22.6 Å². The van der Waals surface area contributed by atoms with Crippen LogP contribution in [0.3, 0.4) is 0 Å². The quantitative estimate of drug-likeness (QED) is 0.854. The average molecular weight is 304 g/mol. The smallest absolute Gasteiger partial charge is 0.341 e. The molecule has 0 aliphatic carbocycles. The van der Waals surface area contributed by atoms with Gasteiger partial charge in [0.15, 0.2) is 11.6 Å². The van der Waals surface area contributed by atoms with Crippen molar-refractivity contribution in [1.82, 2.24) is 0 Å². The minimum Gasteiger partial charge on any atom is -0.507 e. The zero-order chi connectivity index (χ0) is 16.1. The molecule has 4 nitrogen and oxygen atoms in total. The Morgan fingerprint density at radius 2 is 1.86 bits per heavy atom. The fourth-order valence-corrected chi connectivity index (χ4v) is 2.14.